The van der Waals surface area contributed by atoms with Crippen LogP contribution in [0.1, 0.15) is 51.3 Å². The number of aromatic amines is 1. The molecule has 0 aliphatic carbocycles. The van der Waals surface area contributed by atoms with Crippen molar-refractivity contribution < 1.29 is 19.1 Å². The molecule has 0 bridgehead atoms. The van der Waals surface area contributed by atoms with Crippen molar-refractivity contribution in [3.05, 3.63) is 66.1 Å². The van der Waals surface area contributed by atoms with Crippen LogP contribution < -0.4 is 10.6 Å². The van der Waals surface area contributed by atoms with Crippen LogP contribution in [-0.4, -0.2) is 57.0 Å². The number of hydrogen-bond donors (Lipinski definition) is 3. The van der Waals surface area contributed by atoms with Crippen LogP contribution in [0.3, 0.4) is 0 Å². The Morgan fingerprint density at radius 3 is 2.64 bits per heavy atom. The number of nitrogens with one attached hydrogen (secondary N) is 3. The Kier molecular flexibility index (Phi) is 7.28. The Morgan fingerprint density at radius 1 is 1.19 bits per heavy atom. The molecule has 2 aromatic heterocycles. The minimum absolute atomic E-state index is 0.00454. The van der Waals surface area contributed by atoms with Crippen LogP contribution in [-0.2, 0) is 20.9 Å². The molecule has 190 valence electrons. The number of hydrogen-bond acceptors (Lipinski definition) is 5. The molecule has 3 aromatic rings. The van der Waals surface area contributed by atoms with Crippen LogP contribution in [0.2, 0.25) is 0 Å². The average molecular weight is 492 g/mol. The summed E-state index contributed by atoms with van der Waals surface area (Å²) in [6.07, 6.45) is 3.37. The van der Waals surface area contributed by atoms with Crippen LogP contribution >= 0.6 is 0 Å². The smallest absolute Gasteiger partial charge is 0.410 e. The summed E-state index contributed by atoms with van der Waals surface area (Å²) in [5.74, 6) is -0.699. The molecule has 1 aliphatic rings. The molecule has 4 rings (SSSR count). The van der Waals surface area contributed by atoms with Crippen LogP contribution in [0.5, 0.6) is 0 Å². The van der Waals surface area contributed by atoms with Gasteiger partial charge in [-0.2, -0.15) is 0 Å². The van der Waals surface area contributed by atoms with Gasteiger partial charge >= 0.3 is 6.09 Å². The minimum atomic E-state index is -0.778. The van der Waals surface area contributed by atoms with Crippen molar-refractivity contribution in [1.29, 1.82) is 0 Å². The van der Waals surface area contributed by atoms with E-state index in [1.54, 1.807) is 40.1 Å². The fourth-order valence-corrected chi connectivity index (χ4v) is 4.41. The number of likely N-dealkylation sites (tertiary alicyclic amines) is 1. The lowest BCUT2D eigenvalue weighted by Gasteiger charge is -2.28. The number of ether oxygens (including phenoxy) is 1. The number of fused-ring (bicyclic) bond motifs is 1. The van der Waals surface area contributed by atoms with Gasteiger partial charge in [-0.3, -0.25) is 19.5 Å². The molecule has 0 saturated carbocycles. The van der Waals surface area contributed by atoms with Gasteiger partial charge in [0.15, 0.2) is 0 Å². The van der Waals surface area contributed by atoms with Gasteiger partial charge in [0.2, 0.25) is 11.8 Å². The number of carbonyl (C=O) groups is 3. The van der Waals surface area contributed by atoms with Crippen molar-refractivity contribution in [2.45, 2.75) is 64.3 Å². The number of amides is 3. The van der Waals surface area contributed by atoms with Crippen LogP contribution in [0.15, 0.2) is 54.9 Å². The van der Waals surface area contributed by atoms with Crippen molar-refractivity contribution >= 4 is 28.8 Å². The monoisotopic (exact) mass is 491 g/mol. The fourth-order valence-electron chi connectivity index (χ4n) is 4.41. The number of pyridine rings is 1. The molecule has 1 saturated heterocycles. The van der Waals surface area contributed by atoms with Crippen LogP contribution in [0, 0.1) is 0 Å². The molecule has 9 heteroatoms. The summed E-state index contributed by atoms with van der Waals surface area (Å²) in [5.41, 5.74) is 2.14. The normalized spacial score (nSPS) is 18.6. The maximum Gasteiger partial charge on any atom is 0.410 e. The van der Waals surface area contributed by atoms with Crippen molar-refractivity contribution in [1.82, 2.24) is 25.5 Å². The maximum atomic E-state index is 13.3. The number of H-pyrrole nitrogens is 1. The van der Waals surface area contributed by atoms with Gasteiger partial charge in [-0.25, -0.2) is 4.79 Å². The Morgan fingerprint density at radius 2 is 1.94 bits per heavy atom. The van der Waals surface area contributed by atoms with Crippen molar-refractivity contribution in [3.63, 3.8) is 0 Å². The first-order valence-electron chi connectivity index (χ1n) is 12.1. The second-order valence-electron chi connectivity index (χ2n) is 10.2. The van der Waals surface area contributed by atoms with Gasteiger partial charge in [-0.1, -0.05) is 30.3 Å². The lowest BCUT2D eigenvalue weighted by molar-refractivity contribution is -0.131. The van der Waals surface area contributed by atoms with Crippen LogP contribution in [0.4, 0.5) is 4.79 Å². The van der Waals surface area contributed by atoms with Crippen LogP contribution in [0.25, 0.3) is 10.9 Å². The average Bonchev–Trinajstić information content (AvgIpc) is 3.46. The zero-order valence-corrected chi connectivity index (χ0v) is 21.1. The summed E-state index contributed by atoms with van der Waals surface area (Å²) >= 11 is 0. The van der Waals surface area contributed by atoms with Gasteiger partial charge in [0.1, 0.15) is 17.7 Å². The summed E-state index contributed by atoms with van der Waals surface area (Å²) in [5, 5.41) is 6.59. The molecule has 36 heavy (non-hydrogen) atoms. The minimum Gasteiger partial charge on any atom is -0.444 e. The van der Waals surface area contributed by atoms with Gasteiger partial charge in [-0.05, 0) is 51.8 Å². The second kappa shape index (κ2) is 10.4. The lowest BCUT2D eigenvalue weighted by atomic mass is 9.96. The van der Waals surface area contributed by atoms with Crippen molar-refractivity contribution in [2.24, 2.45) is 0 Å². The van der Waals surface area contributed by atoms with E-state index >= 15 is 0 Å². The summed E-state index contributed by atoms with van der Waals surface area (Å²) < 4.78 is 5.57. The standard InChI is InChI=1S/C27H33N5O4/c1-17(24(33)29-15-21-12-19-14-28-11-10-22(19)31-21)30-25(34)23-13-20(18-8-6-5-7-9-18)16-32(23)26(35)36-27(2,3)4/h5-12,14,17,20,23,31H,13,15-16H2,1-4H3,(H,29,33)(H,30,34)/t17-,20-,23+/m0/s1. The number of benzene rings is 1. The maximum absolute atomic E-state index is 13.3. The Balaban J connectivity index is 1.40. The summed E-state index contributed by atoms with van der Waals surface area (Å²) in [7, 11) is 0. The zero-order chi connectivity index (χ0) is 25.9. The zero-order valence-electron chi connectivity index (χ0n) is 21.1. The molecular weight excluding hydrogens is 458 g/mol. The van der Waals surface area contributed by atoms with Crippen molar-refractivity contribution in [3.8, 4) is 0 Å². The topological polar surface area (TPSA) is 116 Å². The van der Waals surface area contributed by atoms with E-state index in [9.17, 15) is 14.4 Å². The number of nitrogens with zero attached hydrogens (tertiary/aromatic N) is 2. The summed E-state index contributed by atoms with van der Waals surface area (Å²) in [6, 6.07) is 12.1. The molecule has 0 radical (unpaired) electrons. The first kappa shape index (κ1) is 25.2. The Bertz CT molecular complexity index is 1200. The molecule has 1 aromatic carbocycles. The summed E-state index contributed by atoms with van der Waals surface area (Å²) in [4.78, 5) is 47.7. The molecule has 3 N–H and O–H groups in total. The van der Waals surface area contributed by atoms with E-state index in [1.807, 2.05) is 42.5 Å². The second-order valence-corrected chi connectivity index (χ2v) is 10.2. The van der Waals surface area contributed by atoms with E-state index in [4.69, 9.17) is 4.74 Å². The summed E-state index contributed by atoms with van der Waals surface area (Å²) in [6.45, 7) is 7.66. The third-order valence-electron chi connectivity index (χ3n) is 6.18. The highest BCUT2D eigenvalue weighted by molar-refractivity contribution is 5.91. The lowest BCUT2D eigenvalue weighted by Crippen LogP contribution is -2.52. The van der Waals surface area contributed by atoms with Gasteiger partial charge in [0, 0.05) is 41.5 Å². The van der Waals surface area contributed by atoms with Crippen molar-refractivity contribution in [2.75, 3.05) is 6.54 Å². The molecule has 1 fully saturated rings. The van der Waals surface area contributed by atoms with E-state index in [1.165, 1.54) is 4.90 Å². The predicted octanol–water partition coefficient (Wildman–Crippen LogP) is 3.48. The third-order valence-corrected chi connectivity index (χ3v) is 6.18. The van der Waals surface area contributed by atoms with Gasteiger partial charge in [-0.15, -0.1) is 0 Å². The first-order valence-corrected chi connectivity index (χ1v) is 12.1. The first-order chi connectivity index (χ1) is 17.1. The Hall–Kier alpha value is -3.88. The number of aromatic nitrogens is 2. The quantitative estimate of drug-likeness (QED) is 0.488. The Labute approximate surface area is 210 Å². The fraction of sp³-hybridized carbons (Fsp3) is 0.407. The van der Waals surface area contributed by atoms with Gasteiger partial charge < -0.3 is 20.4 Å². The van der Waals surface area contributed by atoms with Gasteiger partial charge in [0.25, 0.3) is 0 Å². The van der Waals surface area contributed by atoms with E-state index in [2.05, 4.69) is 20.6 Å². The molecule has 1 aliphatic heterocycles. The van der Waals surface area contributed by atoms with E-state index in [-0.39, 0.29) is 24.3 Å². The third kappa shape index (κ3) is 6.02. The molecule has 9 nitrogen and oxygen atoms in total. The highest BCUT2D eigenvalue weighted by Crippen LogP contribution is 2.33. The molecule has 0 unspecified atom stereocenters. The SMILES string of the molecule is C[C@H](NC(=O)[C@H]1C[C@H](c2ccccc2)CN1C(=O)OC(C)(C)C)C(=O)NCc1cc2cnccc2[nH]1. The predicted molar refractivity (Wildman–Crippen MR) is 136 cm³/mol. The molecular formula is C27H33N5O4. The van der Waals surface area contributed by atoms with E-state index in [0.717, 1.165) is 22.2 Å². The molecule has 3 amide bonds. The van der Waals surface area contributed by atoms with Gasteiger partial charge in [0.05, 0.1) is 6.54 Å². The van der Waals surface area contributed by atoms with E-state index < -0.39 is 23.8 Å². The van der Waals surface area contributed by atoms with E-state index in [0.29, 0.717) is 13.0 Å². The number of rotatable bonds is 6. The highest BCUT2D eigenvalue weighted by atomic mass is 16.6. The molecule has 0 spiro atoms. The number of carbonyl (C=O) groups excluding carboxylic acids is 3. The largest absolute Gasteiger partial charge is 0.444 e. The molecule has 3 atom stereocenters. The highest BCUT2D eigenvalue weighted by Gasteiger charge is 2.42. The molecule has 3 heterocycles.